The predicted octanol–water partition coefficient (Wildman–Crippen LogP) is 0.174. The molecule has 2 fully saturated rings. The number of aryl methyl sites for hydroxylation is 1. The smallest absolute Gasteiger partial charge is 0.235 e. The quantitative estimate of drug-likeness (QED) is 0.745. The topological polar surface area (TPSA) is 96.5 Å². The van der Waals surface area contributed by atoms with Crippen LogP contribution < -0.4 is 16.0 Å². The van der Waals surface area contributed by atoms with Crippen LogP contribution in [0.15, 0.2) is 18.2 Å². The van der Waals surface area contributed by atoms with Gasteiger partial charge in [0.1, 0.15) is 0 Å². The average Bonchev–Trinajstić information content (AvgIpc) is 2.99. The summed E-state index contributed by atoms with van der Waals surface area (Å²) in [4.78, 5) is 28.5. The number of piperazine rings is 1. The van der Waals surface area contributed by atoms with Crippen molar-refractivity contribution in [2.24, 2.45) is 12.8 Å². The van der Waals surface area contributed by atoms with E-state index in [2.05, 4.69) is 38.4 Å². The number of aromatic nitrogens is 2. The van der Waals surface area contributed by atoms with Gasteiger partial charge in [0.2, 0.25) is 11.8 Å². The third kappa shape index (κ3) is 3.42. The van der Waals surface area contributed by atoms with Crippen LogP contribution in [-0.2, 0) is 16.6 Å². The number of nitrogens with two attached hydrogens (primary N) is 1. The number of imide groups is 1. The Morgan fingerprint density at radius 3 is 2.70 bits per heavy atom. The van der Waals surface area contributed by atoms with E-state index < -0.39 is 0 Å². The maximum atomic E-state index is 12.3. The molecule has 2 amide bonds. The van der Waals surface area contributed by atoms with E-state index in [1.807, 2.05) is 11.7 Å². The maximum absolute atomic E-state index is 12.3. The van der Waals surface area contributed by atoms with Crippen molar-refractivity contribution in [1.82, 2.24) is 20.0 Å². The van der Waals surface area contributed by atoms with Crippen LogP contribution in [0.4, 0.5) is 5.69 Å². The number of nitrogens with zero attached hydrogens (tertiary/aromatic N) is 4. The Hall–Kier alpha value is -2.45. The summed E-state index contributed by atoms with van der Waals surface area (Å²) in [5, 5.41) is 8.03. The van der Waals surface area contributed by atoms with Gasteiger partial charge in [-0.05, 0) is 24.6 Å². The number of amides is 2. The van der Waals surface area contributed by atoms with Gasteiger partial charge < -0.3 is 10.6 Å². The summed E-state index contributed by atoms with van der Waals surface area (Å²) in [5.74, 6) is -0.809. The predicted molar refractivity (Wildman–Crippen MR) is 104 cm³/mol. The zero-order valence-corrected chi connectivity index (χ0v) is 15.6. The fourth-order valence-electron chi connectivity index (χ4n) is 4.09. The molecule has 2 aromatic rings. The van der Waals surface area contributed by atoms with Gasteiger partial charge in [-0.3, -0.25) is 24.5 Å². The van der Waals surface area contributed by atoms with E-state index in [1.54, 1.807) is 0 Å². The molecule has 0 aliphatic carbocycles. The number of carbonyl (C=O) groups is 2. The molecule has 3 heterocycles. The van der Waals surface area contributed by atoms with E-state index in [0.29, 0.717) is 19.4 Å². The largest absolute Gasteiger partial charge is 0.369 e. The molecule has 8 heteroatoms. The first kappa shape index (κ1) is 17.9. The Bertz CT molecular complexity index is 868. The van der Waals surface area contributed by atoms with Crippen LogP contribution in [0.25, 0.3) is 10.9 Å². The second-order valence-corrected chi connectivity index (χ2v) is 7.33. The first-order valence-corrected chi connectivity index (χ1v) is 9.54. The van der Waals surface area contributed by atoms with Crippen molar-refractivity contribution >= 4 is 28.4 Å². The minimum absolute atomic E-state index is 0.201. The molecule has 0 spiro atoms. The SMILES string of the molecule is Cn1nc(C2CCC(=O)NC2=O)c2ccc(N3CCN(CCN)CC3)cc21. The fourth-order valence-corrected chi connectivity index (χ4v) is 4.09. The Kier molecular flexibility index (Phi) is 4.84. The fraction of sp³-hybridized carbons (Fsp3) is 0.526. The van der Waals surface area contributed by atoms with E-state index in [1.165, 1.54) is 5.69 Å². The molecule has 27 heavy (non-hydrogen) atoms. The van der Waals surface area contributed by atoms with Crippen molar-refractivity contribution in [3.63, 3.8) is 0 Å². The van der Waals surface area contributed by atoms with Gasteiger partial charge >= 0.3 is 0 Å². The second-order valence-electron chi connectivity index (χ2n) is 7.33. The van der Waals surface area contributed by atoms with E-state index in [0.717, 1.165) is 49.3 Å². The molecule has 2 aliphatic heterocycles. The van der Waals surface area contributed by atoms with Gasteiger partial charge in [-0.15, -0.1) is 0 Å². The van der Waals surface area contributed by atoms with Gasteiger partial charge in [0.05, 0.1) is 17.1 Å². The molecule has 1 aromatic heterocycles. The molecule has 3 N–H and O–H groups in total. The molecule has 0 saturated carbocycles. The lowest BCUT2D eigenvalue weighted by Gasteiger charge is -2.36. The third-order valence-corrected chi connectivity index (χ3v) is 5.62. The number of hydrogen-bond acceptors (Lipinski definition) is 6. The summed E-state index contributed by atoms with van der Waals surface area (Å²) in [5.41, 5.74) is 8.60. The van der Waals surface area contributed by atoms with Crippen LogP contribution in [0.1, 0.15) is 24.5 Å². The maximum Gasteiger partial charge on any atom is 0.235 e. The Labute approximate surface area is 158 Å². The molecule has 0 bridgehead atoms. The van der Waals surface area contributed by atoms with Crippen LogP contribution in [-0.4, -0.2) is 65.8 Å². The number of hydrogen-bond donors (Lipinski definition) is 2. The summed E-state index contributed by atoms with van der Waals surface area (Å²) < 4.78 is 1.84. The molecule has 8 nitrogen and oxygen atoms in total. The average molecular weight is 370 g/mol. The van der Waals surface area contributed by atoms with Crippen LogP contribution in [0.3, 0.4) is 0 Å². The second kappa shape index (κ2) is 7.28. The lowest BCUT2D eigenvalue weighted by molar-refractivity contribution is -0.134. The molecular weight excluding hydrogens is 344 g/mol. The van der Waals surface area contributed by atoms with Crippen molar-refractivity contribution in [1.29, 1.82) is 0 Å². The van der Waals surface area contributed by atoms with Gasteiger partial charge in [0.15, 0.2) is 0 Å². The summed E-state index contributed by atoms with van der Waals surface area (Å²) in [7, 11) is 1.90. The summed E-state index contributed by atoms with van der Waals surface area (Å²) in [6.07, 6.45) is 0.876. The molecule has 2 saturated heterocycles. The summed E-state index contributed by atoms with van der Waals surface area (Å²) in [6.45, 7) is 5.63. The standard InChI is InChI=1S/C19H26N6O2/c1-23-16-12-13(25-10-8-24(7-6-20)9-11-25)2-3-14(16)18(22-23)15-4-5-17(26)21-19(15)27/h2-3,12,15H,4-11,20H2,1H3,(H,21,26,27). The van der Waals surface area contributed by atoms with Crippen molar-refractivity contribution in [2.45, 2.75) is 18.8 Å². The lowest BCUT2D eigenvalue weighted by atomic mass is 9.93. The molecule has 0 radical (unpaired) electrons. The van der Waals surface area contributed by atoms with Gasteiger partial charge in [-0.25, -0.2) is 0 Å². The summed E-state index contributed by atoms with van der Waals surface area (Å²) >= 11 is 0. The highest BCUT2D eigenvalue weighted by atomic mass is 16.2. The lowest BCUT2D eigenvalue weighted by Crippen LogP contribution is -2.47. The first-order chi connectivity index (χ1) is 13.1. The normalized spacial score (nSPS) is 21.7. The Morgan fingerprint density at radius 2 is 2.00 bits per heavy atom. The van der Waals surface area contributed by atoms with Crippen LogP contribution in [0.2, 0.25) is 0 Å². The van der Waals surface area contributed by atoms with E-state index in [-0.39, 0.29) is 17.7 Å². The minimum Gasteiger partial charge on any atom is -0.369 e. The van der Waals surface area contributed by atoms with Crippen LogP contribution in [0, 0.1) is 0 Å². The molecule has 4 rings (SSSR count). The van der Waals surface area contributed by atoms with Crippen LogP contribution >= 0.6 is 0 Å². The van der Waals surface area contributed by atoms with Crippen LogP contribution in [0.5, 0.6) is 0 Å². The zero-order chi connectivity index (χ0) is 19.0. The first-order valence-electron chi connectivity index (χ1n) is 9.54. The Morgan fingerprint density at radius 1 is 1.22 bits per heavy atom. The van der Waals surface area contributed by atoms with Crippen molar-refractivity contribution < 1.29 is 9.59 Å². The molecule has 1 aromatic carbocycles. The molecule has 144 valence electrons. The van der Waals surface area contributed by atoms with Gasteiger partial charge in [-0.2, -0.15) is 5.10 Å². The van der Waals surface area contributed by atoms with Crippen molar-refractivity contribution in [3.8, 4) is 0 Å². The number of carbonyl (C=O) groups excluding carboxylic acids is 2. The van der Waals surface area contributed by atoms with E-state index in [4.69, 9.17) is 5.73 Å². The molecule has 2 aliphatic rings. The van der Waals surface area contributed by atoms with E-state index in [9.17, 15) is 9.59 Å². The number of nitrogens with one attached hydrogen (secondary N) is 1. The molecule has 1 unspecified atom stereocenters. The molecular formula is C19H26N6O2. The number of anilines is 1. The Balaban J connectivity index is 1.58. The molecule has 1 atom stereocenters. The number of piperidine rings is 1. The highest BCUT2D eigenvalue weighted by Gasteiger charge is 2.31. The van der Waals surface area contributed by atoms with Gasteiger partial charge in [0.25, 0.3) is 0 Å². The van der Waals surface area contributed by atoms with E-state index >= 15 is 0 Å². The highest BCUT2D eigenvalue weighted by Crippen LogP contribution is 2.32. The van der Waals surface area contributed by atoms with Crippen molar-refractivity contribution in [2.75, 3.05) is 44.2 Å². The number of rotatable bonds is 4. The summed E-state index contributed by atoms with van der Waals surface area (Å²) in [6, 6.07) is 6.32. The monoisotopic (exact) mass is 370 g/mol. The highest BCUT2D eigenvalue weighted by molar-refractivity contribution is 6.02. The van der Waals surface area contributed by atoms with Gasteiger partial charge in [0, 0.05) is 63.8 Å². The zero-order valence-electron chi connectivity index (χ0n) is 15.6. The third-order valence-electron chi connectivity index (χ3n) is 5.62. The minimum atomic E-state index is -0.364. The number of fused-ring (bicyclic) bond motifs is 1. The number of benzene rings is 1. The van der Waals surface area contributed by atoms with Crippen molar-refractivity contribution in [3.05, 3.63) is 23.9 Å². The van der Waals surface area contributed by atoms with Gasteiger partial charge in [-0.1, -0.05) is 0 Å².